The molecule has 0 fully saturated rings. The van der Waals surface area contributed by atoms with Crippen LogP contribution in [0.4, 0.5) is 11.4 Å². The number of amides is 2. The zero-order valence-electron chi connectivity index (χ0n) is 14.9. The van der Waals surface area contributed by atoms with E-state index in [4.69, 9.17) is 4.74 Å². The first-order valence-electron chi connectivity index (χ1n) is 8.24. The van der Waals surface area contributed by atoms with Crippen molar-refractivity contribution in [2.45, 2.75) is 33.3 Å². The molecule has 0 atom stereocenters. The second kappa shape index (κ2) is 6.24. The summed E-state index contributed by atoms with van der Waals surface area (Å²) in [6.07, 6.45) is 0. The van der Waals surface area contributed by atoms with Crippen molar-refractivity contribution in [3.8, 4) is 5.75 Å². The Morgan fingerprint density at radius 1 is 1.08 bits per heavy atom. The summed E-state index contributed by atoms with van der Waals surface area (Å²) >= 11 is 0. The third kappa shape index (κ3) is 3.50. The summed E-state index contributed by atoms with van der Waals surface area (Å²) in [5.74, 6) is 0.130. The smallest absolute Gasteiger partial charge is 0.271 e. The van der Waals surface area contributed by atoms with Crippen molar-refractivity contribution in [1.82, 2.24) is 0 Å². The fourth-order valence-electron chi connectivity index (χ4n) is 2.82. The van der Waals surface area contributed by atoms with Crippen molar-refractivity contribution in [1.29, 1.82) is 0 Å². The van der Waals surface area contributed by atoms with Crippen LogP contribution in [-0.4, -0.2) is 24.0 Å². The molecule has 0 saturated heterocycles. The van der Waals surface area contributed by atoms with Gasteiger partial charge in [-0.3, -0.25) is 14.5 Å². The number of nitrogens with zero attached hydrogens (tertiary/aromatic N) is 1. The molecule has 0 bridgehead atoms. The van der Waals surface area contributed by atoms with Crippen LogP contribution in [0.15, 0.2) is 42.5 Å². The molecule has 2 aromatic rings. The maximum absolute atomic E-state index is 12.8. The van der Waals surface area contributed by atoms with Crippen LogP contribution in [0.1, 0.15) is 25.0 Å². The average molecular weight is 338 g/mol. The molecule has 0 spiro atoms. The van der Waals surface area contributed by atoms with E-state index in [1.165, 1.54) is 4.90 Å². The van der Waals surface area contributed by atoms with Crippen molar-refractivity contribution in [2.75, 3.05) is 16.8 Å². The minimum atomic E-state index is -1.01. The molecule has 1 heterocycles. The number of carbonyl (C=O) groups is 2. The summed E-state index contributed by atoms with van der Waals surface area (Å²) in [5, 5.41) is 2.84. The monoisotopic (exact) mass is 338 g/mol. The minimum Gasteiger partial charge on any atom is -0.476 e. The predicted octanol–water partition coefficient (Wildman–Crippen LogP) is 3.45. The van der Waals surface area contributed by atoms with E-state index >= 15 is 0 Å². The number of anilines is 2. The van der Waals surface area contributed by atoms with E-state index in [-0.39, 0.29) is 18.4 Å². The van der Waals surface area contributed by atoms with Crippen molar-refractivity contribution in [3.05, 3.63) is 53.6 Å². The fraction of sp³-hybridized carbons (Fsp3) is 0.300. The van der Waals surface area contributed by atoms with Gasteiger partial charge in [-0.05, 0) is 57.5 Å². The molecule has 0 aromatic heterocycles. The van der Waals surface area contributed by atoms with Gasteiger partial charge in [0.1, 0.15) is 12.3 Å². The van der Waals surface area contributed by atoms with Gasteiger partial charge in [-0.25, -0.2) is 0 Å². The molecule has 3 rings (SSSR count). The summed E-state index contributed by atoms with van der Waals surface area (Å²) in [7, 11) is 0. The summed E-state index contributed by atoms with van der Waals surface area (Å²) < 4.78 is 5.81. The van der Waals surface area contributed by atoms with E-state index in [0.29, 0.717) is 17.1 Å². The van der Waals surface area contributed by atoms with Gasteiger partial charge in [-0.2, -0.15) is 0 Å². The predicted molar refractivity (Wildman–Crippen MR) is 98.0 cm³/mol. The molecular formula is C20H22N2O3. The largest absolute Gasteiger partial charge is 0.476 e. The quantitative estimate of drug-likeness (QED) is 0.932. The second-order valence-electron chi connectivity index (χ2n) is 6.89. The summed E-state index contributed by atoms with van der Waals surface area (Å²) in [6.45, 7) is 7.29. The average Bonchev–Trinajstić information content (AvgIpc) is 2.55. The number of hydrogen-bond acceptors (Lipinski definition) is 3. The van der Waals surface area contributed by atoms with E-state index in [1.807, 2.05) is 56.3 Å². The van der Waals surface area contributed by atoms with Crippen LogP contribution in [0.25, 0.3) is 0 Å². The maximum Gasteiger partial charge on any atom is 0.271 e. The normalized spacial score (nSPS) is 15.4. The van der Waals surface area contributed by atoms with E-state index in [1.54, 1.807) is 13.8 Å². The van der Waals surface area contributed by atoms with Crippen molar-refractivity contribution >= 4 is 23.2 Å². The zero-order valence-corrected chi connectivity index (χ0v) is 14.9. The minimum absolute atomic E-state index is 0.0596. The van der Waals surface area contributed by atoms with Crippen molar-refractivity contribution in [3.63, 3.8) is 0 Å². The highest BCUT2D eigenvalue weighted by molar-refractivity contribution is 6.07. The molecule has 0 aliphatic carbocycles. The van der Waals surface area contributed by atoms with E-state index in [9.17, 15) is 9.59 Å². The molecule has 1 N–H and O–H groups in total. The number of nitrogens with one attached hydrogen (secondary N) is 1. The lowest BCUT2D eigenvalue weighted by atomic mass is 10.0. The zero-order chi connectivity index (χ0) is 18.2. The number of hydrogen-bond donors (Lipinski definition) is 1. The second-order valence-corrected chi connectivity index (χ2v) is 6.89. The Balaban J connectivity index is 1.85. The van der Waals surface area contributed by atoms with Crippen molar-refractivity contribution in [2.24, 2.45) is 0 Å². The lowest BCUT2D eigenvalue weighted by molar-refractivity contribution is -0.133. The fourth-order valence-corrected chi connectivity index (χ4v) is 2.82. The van der Waals surface area contributed by atoms with Crippen LogP contribution in [-0.2, 0) is 9.59 Å². The molecule has 0 radical (unpaired) electrons. The first-order chi connectivity index (χ1) is 11.8. The molecule has 5 nitrogen and oxygen atoms in total. The summed E-state index contributed by atoms with van der Waals surface area (Å²) in [5.41, 5.74) is 2.45. The Hall–Kier alpha value is -2.82. The summed E-state index contributed by atoms with van der Waals surface area (Å²) in [6, 6.07) is 13.2. The Morgan fingerprint density at radius 2 is 1.72 bits per heavy atom. The highest BCUT2D eigenvalue weighted by Gasteiger charge is 2.41. The number of carbonyl (C=O) groups excluding carboxylic acids is 2. The molecule has 2 amide bonds. The summed E-state index contributed by atoms with van der Waals surface area (Å²) in [4.78, 5) is 26.7. The molecule has 25 heavy (non-hydrogen) atoms. The SMILES string of the molecule is Cc1ccc(NC(=O)CN2C(=O)C(C)(C)Oc3ccc(C)cc32)cc1. The van der Waals surface area contributed by atoms with E-state index in [0.717, 1.165) is 11.1 Å². The van der Waals surface area contributed by atoms with Gasteiger partial charge in [0.15, 0.2) is 5.60 Å². The maximum atomic E-state index is 12.8. The number of benzene rings is 2. The van der Waals surface area contributed by atoms with Crippen molar-refractivity contribution < 1.29 is 14.3 Å². The van der Waals surface area contributed by atoms with E-state index in [2.05, 4.69) is 5.32 Å². The lowest BCUT2D eigenvalue weighted by Gasteiger charge is -2.38. The highest BCUT2D eigenvalue weighted by Crippen LogP contribution is 2.38. The van der Waals surface area contributed by atoms with Gasteiger partial charge in [0.25, 0.3) is 5.91 Å². The van der Waals surface area contributed by atoms with Gasteiger partial charge < -0.3 is 10.1 Å². The standard InChI is InChI=1S/C20H22N2O3/c1-13-5-8-15(9-6-13)21-18(23)12-22-16-11-14(2)7-10-17(16)25-20(3,4)19(22)24/h5-11H,12H2,1-4H3,(H,21,23). The number of ether oxygens (including phenoxy) is 1. The Kier molecular flexibility index (Phi) is 4.25. The third-order valence-corrected chi connectivity index (χ3v) is 4.17. The molecule has 0 saturated carbocycles. The molecule has 0 unspecified atom stereocenters. The number of fused-ring (bicyclic) bond motifs is 1. The Bertz CT molecular complexity index is 825. The van der Waals surface area contributed by atoms with Crippen LogP contribution < -0.4 is 15.0 Å². The highest BCUT2D eigenvalue weighted by atomic mass is 16.5. The molecule has 1 aliphatic rings. The molecule has 2 aromatic carbocycles. The third-order valence-electron chi connectivity index (χ3n) is 4.17. The number of rotatable bonds is 3. The van der Waals surface area contributed by atoms with Crippen LogP contribution in [0.2, 0.25) is 0 Å². The van der Waals surface area contributed by atoms with Crippen LogP contribution >= 0.6 is 0 Å². The van der Waals surface area contributed by atoms with Gasteiger partial charge in [0, 0.05) is 5.69 Å². The van der Waals surface area contributed by atoms with Crippen LogP contribution in [0.3, 0.4) is 0 Å². The first kappa shape index (κ1) is 17.0. The Morgan fingerprint density at radius 3 is 2.40 bits per heavy atom. The Labute approximate surface area is 147 Å². The topological polar surface area (TPSA) is 58.6 Å². The van der Waals surface area contributed by atoms with Crippen LogP contribution in [0.5, 0.6) is 5.75 Å². The first-order valence-corrected chi connectivity index (χ1v) is 8.24. The molecule has 130 valence electrons. The van der Waals surface area contributed by atoms with Gasteiger partial charge in [0.05, 0.1) is 5.69 Å². The molecule has 1 aliphatic heterocycles. The van der Waals surface area contributed by atoms with Gasteiger partial charge in [-0.1, -0.05) is 23.8 Å². The van der Waals surface area contributed by atoms with Gasteiger partial charge in [0.2, 0.25) is 5.91 Å². The van der Waals surface area contributed by atoms with Gasteiger partial charge in [-0.15, -0.1) is 0 Å². The lowest BCUT2D eigenvalue weighted by Crippen LogP contribution is -2.54. The van der Waals surface area contributed by atoms with E-state index < -0.39 is 5.60 Å². The molecular weight excluding hydrogens is 316 g/mol. The van der Waals surface area contributed by atoms with Gasteiger partial charge >= 0.3 is 0 Å². The molecule has 5 heteroatoms. The number of aryl methyl sites for hydroxylation is 2. The van der Waals surface area contributed by atoms with Crippen LogP contribution in [0, 0.1) is 13.8 Å².